The van der Waals surface area contributed by atoms with Gasteiger partial charge in [0.2, 0.25) is 6.04 Å². The Labute approximate surface area is 444 Å². The Bertz CT molecular complexity index is 3650. The van der Waals surface area contributed by atoms with Crippen molar-refractivity contribution in [3.63, 3.8) is 0 Å². The number of aliphatic carboxylic acids is 1. The first-order valence-electron chi connectivity index (χ1n) is 21.1. The minimum Gasteiger partial charge on any atom is -0.505 e. The number of aliphatic hydroxyl groups is 2. The van der Waals surface area contributed by atoms with Crippen molar-refractivity contribution in [1.82, 2.24) is 0 Å². The molecule has 1 amide bonds. The van der Waals surface area contributed by atoms with Crippen LogP contribution in [0.2, 0.25) is 0 Å². The Morgan fingerprint density at radius 3 is 2.01 bits per heavy atom. The van der Waals surface area contributed by atoms with E-state index in [4.69, 9.17) is 20.0 Å². The molecule has 0 spiro atoms. The second-order valence-electron chi connectivity index (χ2n) is 15.0. The number of benzene rings is 6. The lowest BCUT2D eigenvalue weighted by Crippen LogP contribution is -2.33. The lowest BCUT2D eigenvalue weighted by atomic mass is 10.1. The second kappa shape index (κ2) is 25.3. The quantitative estimate of drug-likeness (QED) is 0.00653. The van der Waals surface area contributed by atoms with Gasteiger partial charge in [0.25, 0.3) is 31.8 Å². The molecule has 32 nitrogen and oxygen atoms in total. The number of nitrogens with zero attached hydrogens (tertiary/aromatic N) is 9. The van der Waals surface area contributed by atoms with E-state index in [1.165, 1.54) is 54.6 Å². The maximum atomic E-state index is 13.3. The van der Waals surface area contributed by atoms with Crippen LogP contribution in [0.15, 0.2) is 152 Å². The molecule has 0 saturated carbocycles. The van der Waals surface area contributed by atoms with Crippen molar-refractivity contribution >= 4 is 124 Å². The number of aromatic hydroxyl groups is 1. The molecule has 1 aliphatic heterocycles. The van der Waals surface area contributed by atoms with Gasteiger partial charge < -0.3 is 35.2 Å². The van der Waals surface area contributed by atoms with Crippen molar-refractivity contribution in [3.8, 4) is 17.2 Å². The predicted octanol–water partition coefficient (Wildman–Crippen LogP) is 8.06. The predicted molar refractivity (Wildman–Crippen MR) is 267 cm³/mol. The molecule has 408 valence electrons. The highest BCUT2D eigenvalue weighted by Gasteiger charge is 2.41. The maximum Gasteiger partial charge on any atom is 0.355 e. The van der Waals surface area contributed by atoms with Crippen molar-refractivity contribution in [2.24, 2.45) is 35.8 Å². The van der Waals surface area contributed by atoms with Crippen LogP contribution in [0.1, 0.15) is 0 Å². The summed E-state index contributed by atoms with van der Waals surface area (Å²) >= 11 is 0.780. The number of amides is 1. The third-order valence-corrected chi connectivity index (χ3v) is 13.0. The highest BCUT2D eigenvalue weighted by Crippen LogP contribution is 2.47. The second-order valence-corrected chi connectivity index (χ2v) is 19.3. The molecule has 6 aromatic carbocycles. The van der Waals surface area contributed by atoms with Gasteiger partial charge >= 0.3 is 5.97 Å². The SMILES string of the molecule is O=C(O)C1=NN(c2ccc(S(=O)(=O)O)cc2)C(=O)C1N=Nc1ccc2c(O)c(N=Nc3cc(OCCO)c(N=Nc4ccc(Nc5ccc(SOOO)cc5[N+](=O)[O-])cc4S(=O)(=O)O)cc3OCCO)c(SOOO)cc2c1. The summed E-state index contributed by atoms with van der Waals surface area (Å²) in [7, 11) is -9.67. The fraction of sp³-hybridized carbons (Fsp3) is 0.119. The van der Waals surface area contributed by atoms with Crippen molar-refractivity contribution < 1.29 is 99.6 Å². The minimum absolute atomic E-state index is 0.0100. The molecular weight excluding hydrogens is 1120 g/mol. The number of aliphatic hydroxyl groups excluding tert-OH is 2. The molecule has 36 heteroatoms. The van der Waals surface area contributed by atoms with Crippen LogP contribution in [0, 0.1) is 10.1 Å². The number of azo groups is 3. The van der Waals surface area contributed by atoms with Gasteiger partial charge in [-0.1, -0.05) is 10.1 Å². The largest absolute Gasteiger partial charge is 0.505 e. The molecule has 6 aromatic rings. The van der Waals surface area contributed by atoms with Gasteiger partial charge in [-0.3, -0.25) is 24.0 Å². The number of rotatable bonds is 25. The molecule has 0 bridgehead atoms. The summed E-state index contributed by atoms with van der Waals surface area (Å²) in [5.41, 5.74) is -2.64. The number of carbonyl (C=O) groups is 2. The number of fused-ring (bicyclic) bond motifs is 1. The zero-order chi connectivity index (χ0) is 56.3. The molecule has 0 aromatic heterocycles. The number of carbonyl (C=O) groups excluding carboxylic acids is 1. The van der Waals surface area contributed by atoms with Gasteiger partial charge in [-0.05, 0) is 84.2 Å². The number of anilines is 3. The van der Waals surface area contributed by atoms with E-state index in [-0.39, 0.29) is 85.1 Å². The maximum absolute atomic E-state index is 13.3. The van der Waals surface area contributed by atoms with Crippen LogP contribution in [-0.4, -0.2) is 112 Å². The third-order valence-electron chi connectivity index (χ3n) is 10.1. The van der Waals surface area contributed by atoms with Crippen LogP contribution in [-0.2, 0) is 48.6 Å². The Balaban J connectivity index is 1.20. The first kappa shape index (κ1) is 57.5. The number of hydrogen-bond donors (Lipinski definition) is 9. The Hall–Kier alpha value is -8.21. The van der Waals surface area contributed by atoms with Crippen LogP contribution in [0.3, 0.4) is 0 Å². The number of nitro groups is 1. The molecule has 78 heavy (non-hydrogen) atoms. The van der Waals surface area contributed by atoms with Crippen LogP contribution in [0.5, 0.6) is 17.2 Å². The molecule has 0 radical (unpaired) electrons. The van der Waals surface area contributed by atoms with Crippen molar-refractivity contribution in [1.29, 1.82) is 0 Å². The summed E-state index contributed by atoms with van der Waals surface area (Å²) in [5.74, 6) is -3.53. The Kier molecular flexibility index (Phi) is 18.6. The molecule has 1 unspecified atom stereocenters. The molecule has 9 N–H and O–H groups in total. The van der Waals surface area contributed by atoms with Crippen molar-refractivity contribution in [3.05, 3.63) is 107 Å². The summed E-state index contributed by atoms with van der Waals surface area (Å²) in [6.45, 7) is -1.76. The molecule has 0 fully saturated rings. The van der Waals surface area contributed by atoms with E-state index in [1.807, 2.05) is 0 Å². The number of nitro benzene ring substituents is 1. The average Bonchev–Trinajstić information content (AvgIpc) is 3.85. The van der Waals surface area contributed by atoms with Crippen molar-refractivity contribution in [2.75, 3.05) is 36.8 Å². The highest BCUT2D eigenvalue weighted by atomic mass is 32.2. The monoisotopic (exact) mass is 1160 g/mol. The van der Waals surface area contributed by atoms with E-state index in [1.54, 1.807) is 0 Å². The molecule has 1 aliphatic rings. The zero-order valence-electron chi connectivity index (χ0n) is 38.6. The number of phenolic OH excluding ortho intramolecular Hbond substituents is 1. The summed E-state index contributed by atoms with van der Waals surface area (Å²) < 4.78 is 88.0. The number of carboxylic acids is 1. The van der Waals surface area contributed by atoms with E-state index in [0.29, 0.717) is 29.1 Å². The first-order chi connectivity index (χ1) is 37.2. The number of ether oxygens (including phenoxy) is 2. The Morgan fingerprint density at radius 2 is 1.41 bits per heavy atom. The standard InChI is InChI=1S/C42H34N10O22S4/c53-11-13-69-33-20-31(34(70-14-12-54)19-30(33)46-45-29-9-2-22(17-36(29)78(66,67)68)43-28-10-5-25(75-73-71-61)18-32(28)52(59)60)47-48-37-35(76-74-72-62)16-21-15-23(1-8-27(21)40(37)55)44-49-38-39(42(57)58)50-51(41(38)56)24-3-6-26(7-4-24)77(63,64)65/h1-10,15-20,38,43,53-55,61-62H,11-14H2,(H,57,58)(H,63,64,65)(H,66,67,68). The Morgan fingerprint density at radius 1 is 0.769 bits per heavy atom. The van der Waals surface area contributed by atoms with E-state index < -0.39 is 88.9 Å². The minimum atomic E-state index is -5.08. The van der Waals surface area contributed by atoms with E-state index in [9.17, 15) is 66.1 Å². The van der Waals surface area contributed by atoms with Crippen LogP contribution >= 0.6 is 24.1 Å². The number of nitrogens with one attached hydrogen (secondary N) is 1. The number of carboxylic acid groups (broad SMARTS) is 1. The summed E-state index contributed by atoms with van der Waals surface area (Å²) in [5, 5.41) is 109. The van der Waals surface area contributed by atoms with Gasteiger partial charge in [0.1, 0.15) is 58.0 Å². The van der Waals surface area contributed by atoms with Gasteiger partial charge in [-0.2, -0.15) is 37.2 Å². The average molecular weight is 1160 g/mol. The molecule has 7 rings (SSSR count). The number of hydrazone groups is 1. The van der Waals surface area contributed by atoms with Crippen LogP contribution < -0.4 is 19.8 Å². The van der Waals surface area contributed by atoms with E-state index >= 15 is 0 Å². The van der Waals surface area contributed by atoms with Gasteiger partial charge in [-0.25, -0.2) is 15.3 Å². The van der Waals surface area contributed by atoms with Crippen LogP contribution in [0.25, 0.3) is 10.8 Å². The lowest BCUT2D eigenvalue weighted by molar-refractivity contribution is -0.432. The normalized spacial score (nSPS) is 14.0. The van der Waals surface area contributed by atoms with Gasteiger partial charge in [-0.15, -0.1) is 29.1 Å². The first-order valence-corrected chi connectivity index (χ1v) is 25.5. The third kappa shape index (κ3) is 13.8. The van der Waals surface area contributed by atoms with Gasteiger partial charge in [0.05, 0.1) is 63.4 Å². The molecule has 0 saturated heterocycles. The summed E-state index contributed by atoms with van der Waals surface area (Å²) in [6.07, 6.45) is 0. The summed E-state index contributed by atoms with van der Waals surface area (Å²) in [4.78, 5) is 35.2. The molecule has 1 heterocycles. The molecule has 1 atom stereocenters. The number of hydrogen-bond acceptors (Lipinski definition) is 29. The van der Waals surface area contributed by atoms with Gasteiger partial charge in [0.15, 0.2) is 11.5 Å². The topological polar surface area (TPSA) is 465 Å². The zero-order valence-corrected chi connectivity index (χ0v) is 41.9. The fourth-order valence-corrected chi connectivity index (χ4v) is 8.77. The fourth-order valence-electron chi connectivity index (χ4n) is 6.75. The molecule has 0 aliphatic carbocycles. The summed E-state index contributed by atoms with van der Waals surface area (Å²) in [6, 6.07) is 17.0. The van der Waals surface area contributed by atoms with E-state index in [0.717, 1.165) is 42.5 Å². The van der Waals surface area contributed by atoms with Crippen molar-refractivity contribution in [2.45, 2.75) is 25.6 Å². The lowest BCUT2D eigenvalue weighted by Gasteiger charge is -2.13. The van der Waals surface area contributed by atoms with Gasteiger partial charge in [0, 0.05) is 34.2 Å². The van der Waals surface area contributed by atoms with E-state index in [2.05, 4.69) is 59.8 Å². The smallest absolute Gasteiger partial charge is 0.355 e. The highest BCUT2D eigenvalue weighted by molar-refractivity contribution is 7.95. The van der Waals surface area contributed by atoms with Crippen LogP contribution in [0.4, 0.5) is 51.2 Å². The number of phenols is 1. The molecular formula is C42H34N10O22S4.